The lowest BCUT2D eigenvalue weighted by Crippen LogP contribution is -2.33. The van der Waals surface area contributed by atoms with E-state index < -0.39 is 15.9 Å². The molecule has 0 radical (unpaired) electrons. The minimum Gasteiger partial charge on any atom is -0.325 e. The molecule has 1 amide bonds. The minimum atomic E-state index is -3.64. The van der Waals surface area contributed by atoms with Crippen molar-refractivity contribution in [3.8, 4) is 0 Å². The largest absolute Gasteiger partial charge is 0.325 e. The number of rotatable bonds is 6. The van der Waals surface area contributed by atoms with Crippen LogP contribution in [0.25, 0.3) is 0 Å². The van der Waals surface area contributed by atoms with Crippen molar-refractivity contribution in [2.45, 2.75) is 19.6 Å². The number of aryl methyl sites for hydroxylation is 2. The maximum absolute atomic E-state index is 12.2. The Hall–Kier alpha value is -1.89. The van der Waals surface area contributed by atoms with Gasteiger partial charge in [-0.25, -0.2) is 13.1 Å². The van der Waals surface area contributed by atoms with Gasteiger partial charge < -0.3 is 5.32 Å². The lowest BCUT2D eigenvalue weighted by molar-refractivity contribution is -0.115. The van der Waals surface area contributed by atoms with Crippen LogP contribution in [0.2, 0.25) is 5.02 Å². The number of carbonyl (C=O) groups is 1. The number of amides is 1. The molecule has 128 valence electrons. The van der Waals surface area contributed by atoms with Gasteiger partial charge in [0, 0.05) is 10.7 Å². The van der Waals surface area contributed by atoms with Crippen LogP contribution in [0, 0.1) is 13.8 Å². The summed E-state index contributed by atoms with van der Waals surface area (Å²) in [6, 6.07) is 12.4. The highest BCUT2D eigenvalue weighted by molar-refractivity contribution is 7.88. The Labute approximate surface area is 147 Å². The number of nitrogens with one attached hydrogen (secondary N) is 2. The van der Waals surface area contributed by atoms with Crippen molar-refractivity contribution < 1.29 is 13.2 Å². The summed E-state index contributed by atoms with van der Waals surface area (Å²) in [7, 11) is -3.64. The van der Waals surface area contributed by atoms with Crippen LogP contribution in [0.15, 0.2) is 42.5 Å². The van der Waals surface area contributed by atoms with Gasteiger partial charge in [-0.3, -0.25) is 4.79 Å². The molecule has 0 aromatic heterocycles. The molecule has 2 aromatic carbocycles. The zero-order valence-electron chi connectivity index (χ0n) is 13.5. The van der Waals surface area contributed by atoms with Gasteiger partial charge in [-0.15, -0.1) is 0 Å². The first-order valence-corrected chi connectivity index (χ1v) is 9.38. The molecule has 0 heterocycles. The number of anilines is 1. The number of hydrogen-bond acceptors (Lipinski definition) is 3. The molecule has 0 aliphatic carbocycles. The van der Waals surface area contributed by atoms with Crippen LogP contribution < -0.4 is 10.0 Å². The van der Waals surface area contributed by atoms with Gasteiger partial charge in [0.2, 0.25) is 15.9 Å². The van der Waals surface area contributed by atoms with Crippen LogP contribution in [0.4, 0.5) is 5.69 Å². The van der Waals surface area contributed by atoms with Crippen molar-refractivity contribution in [3.05, 3.63) is 64.2 Å². The summed E-state index contributed by atoms with van der Waals surface area (Å²) in [5, 5.41) is 3.16. The van der Waals surface area contributed by atoms with Crippen molar-refractivity contribution in [1.29, 1.82) is 0 Å². The zero-order chi connectivity index (χ0) is 17.7. The summed E-state index contributed by atoms with van der Waals surface area (Å²) in [6.45, 7) is 3.35. The Kier molecular flexibility index (Phi) is 5.99. The molecule has 7 heteroatoms. The van der Waals surface area contributed by atoms with Gasteiger partial charge in [-0.2, -0.15) is 0 Å². The van der Waals surface area contributed by atoms with Crippen LogP contribution in [0.3, 0.4) is 0 Å². The van der Waals surface area contributed by atoms with Gasteiger partial charge in [-0.1, -0.05) is 35.9 Å². The third-order valence-electron chi connectivity index (χ3n) is 3.53. The van der Waals surface area contributed by atoms with E-state index >= 15 is 0 Å². The van der Waals surface area contributed by atoms with Crippen LogP contribution in [0.5, 0.6) is 0 Å². The van der Waals surface area contributed by atoms with Crippen LogP contribution in [-0.4, -0.2) is 20.9 Å². The summed E-state index contributed by atoms with van der Waals surface area (Å²) in [4.78, 5) is 11.9. The minimum absolute atomic E-state index is 0.225. The summed E-state index contributed by atoms with van der Waals surface area (Å²) in [5.74, 6) is -0.646. The van der Waals surface area contributed by atoms with Crippen molar-refractivity contribution in [2.75, 3.05) is 11.9 Å². The molecule has 24 heavy (non-hydrogen) atoms. The van der Waals surface area contributed by atoms with Crippen LogP contribution in [0.1, 0.15) is 16.7 Å². The molecule has 0 saturated heterocycles. The van der Waals surface area contributed by atoms with E-state index in [-0.39, 0.29) is 12.3 Å². The number of benzene rings is 2. The predicted molar refractivity (Wildman–Crippen MR) is 96.6 cm³/mol. The number of carbonyl (C=O) groups excluding carboxylic acids is 1. The van der Waals surface area contributed by atoms with E-state index in [1.165, 1.54) is 0 Å². The molecular formula is C17H19ClN2O3S. The molecule has 0 saturated carbocycles. The average Bonchev–Trinajstić information content (AvgIpc) is 2.51. The van der Waals surface area contributed by atoms with Crippen molar-refractivity contribution in [1.82, 2.24) is 4.72 Å². The van der Waals surface area contributed by atoms with Gasteiger partial charge in [0.05, 0.1) is 12.3 Å². The first-order chi connectivity index (χ1) is 11.3. The predicted octanol–water partition coefficient (Wildman–Crippen LogP) is 3.01. The second-order valence-corrected chi connectivity index (χ2v) is 7.76. The van der Waals surface area contributed by atoms with E-state index in [1.54, 1.807) is 30.3 Å². The van der Waals surface area contributed by atoms with E-state index in [1.807, 2.05) is 26.0 Å². The lowest BCUT2D eigenvalue weighted by Gasteiger charge is -2.11. The van der Waals surface area contributed by atoms with Gasteiger partial charge in [0.25, 0.3) is 0 Å². The summed E-state index contributed by atoms with van der Waals surface area (Å²) < 4.78 is 26.6. The Morgan fingerprint density at radius 1 is 1.08 bits per heavy atom. The third kappa shape index (κ3) is 5.33. The Morgan fingerprint density at radius 3 is 2.50 bits per heavy atom. The molecule has 0 fully saturated rings. The lowest BCUT2D eigenvalue weighted by atomic mass is 10.1. The molecule has 2 aromatic rings. The van der Waals surface area contributed by atoms with Gasteiger partial charge >= 0.3 is 0 Å². The molecule has 0 unspecified atom stereocenters. The van der Waals surface area contributed by atoms with Gasteiger partial charge in [0.15, 0.2) is 0 Å². The van der Waals surface area contributed by atoms with Gasteiger partial charge in [0.1, 0.15) is 0 Å². The Bertz CT molecular complexity index is 851. The van der Waals surface area contributed by atoms with Gasteiger partial charge in [-0.05, 0) is 48.7 Å². The molecule has 0 aliphatic heterocycles. The van der Waals surface area contributed by atoms with E-state index in [4.69, 9.17) is 11.6 Å². The first-order valence-electron chi connectivity index (χ1n) is 7.35. The fourth-order valence-corrected chi connectivity index (χ4v) is 3.50. The average molecular weight is 367 g/mol. The SMILES string of the molecule is Cc1ccc(Cl)cc1CS(=O)(=O)NCC(=O)Nc1ccccc1C. The number of halogens is 1. The van der Waals surface area contributed by atoms with E-state index in [2.05, 4.69) is 10.0 Å². The second-order valence-electron chi connectivity index (χ2n) is 5.51. The standard InChI is InChI=1S/C17H19ClN2O3S/c1-12-7-8-15(18)9-14(12)11-24(22,23)19-10-17(21)20-16-6-4-3-5-13(16)2/h3-9,19H,10-11H2,1-2H3,(H,20,21). The highest BCUT2D eigenvalue weighted by Gasteiger charge is 2.15. The molecule has 2 N–H and O–H groups in total. The normalized spacial score (nSPS) is 11.3. The molecule has 0 spiro atoms. The Balaban J connectivity index is 1.96. The quantitative estimate of drug-likeness (QED) is 0.825. The van der Waals surface area contributed by atoms with Crippen LogP contribution in [-0.2, 0) is 20.6 Å². The smallest absolute Gasteiger partial charge is 0.239 e. The highest BCUT2D eigenvalue weighted by atomic mass is 35.5. The molecule has 0 atom stereocenters. The summed E-state index contributed by atoms with van der Waals surface area (Å²) >= 11 is 5.90. The first kappa shape index (κ1) is 18.4. The Morgan fingerprint density at radius 2 is 1.79 bits per heavy atom. The number of hydrogen-bond donors (Lipinski definition) is 2. The van der Waals surface area contributed by atoms with Crippen molar-refractivity contribution in [3.63, 3.8) is 0 Å². The zero-order valence-corrected chi connectivity index (χ0v) is 15.0. The molecule has 0 bridgehead atoms. The van der Waals surface area contributed by atoms with E-state index in [9.17, 15) is 13.2 Å². The van der Waals surface area contributed by atoms with Crippen molar-refractivity contribution >= 4 is 33.2 Å². The fourth-order valence-electron chi connectivity index (χ4n) is 2.13. The molecule has 5 nitrogen and oxygen atoms in total. The maximum Gasteiger partial charge on any atom is 0.239 e. The summed E-state index contributed by atoms with van der Waals surface area (Å²) in [5.41, 5.74) is 3.00. The fraction of sp³-hybridized carbons (Fsp3) is 0.235. The number of para-hydroxylation sites is 1. The monoisotopic (exact) mass is 366 g/mol. The highest BCUT2D eigenvalue weighted by Crippen LogP contribution is 2.17. The number of sulfonamides is 1. The van der Waals surface area contributed by atoms with E-state index in [0.717, 1.165) is 11.1 Å². The molecule has 2 rings (SSSR count). The summed E-state index contributed by atoms with van der Waals surface area (Å²) in [6.07, 6.45) is 0. The topological polar surface area (TPSA) is 75.3 Å². The maximum atomic E-state index is 12.2. The van der Waals surface area contributed by atoms with E-state index in [0.29, 0.717) is 16.3 Å². The second kappa shape index (κ2) is 7.79. The molecule has 0 aliphatic rings. The van der Waals surface area contributed by atoms with Crippen molar-refractivity contribution in [2.24, 2.45) is 0 Å². The third-order valence-corrected chi connectivity index (χ3v) is 5.04. The molecular weight excluding hydrogens is 348 g/mol. The van der Waals surface area contributed by atoms with Crippen LogP contribution >= 0.6 is 11.6 Å².